The number of anilines is 1. The van der Waals surface area contributed by atoms with Crippen molar-refractivity contribution < 1.29 is 0 Å². The normalized spacial score (nSPS) is 17.0. The van der Waals surface area contributed by atoms with Gasteiger partial charge in [0.2, 0.25) is 5.13 Å². The molecule has 2 heterocycles. The average Bonchev–Trinajstić information content (AvgIpc) is 2.84. The van der Waals surface area contributed by atoms with Crippen molar-refractivity contribution in [1.29, 1.82) is 0 Å². The van der Waals surface area contributed by atoms with E-state index in [9.17, 15) is 0 Å². The SMILES string of the molecule is CC(Cn1cccn1)Nc1nc(C2CC2)ns1. The molecule has 1 unspecified atom stereocenters. The zero-order valence-corrected chi connectivity index (χ0v) is 10.5. The molecule has 0 amide bonds. The van der Waals surface area contributed by atoms with Gasteiger partial charge in [-0.1, -0.05) is 0 Å². The Balaban J connectivity index is 1.57. The van der Waals surface area contributed by atoms with Gasteiger partial charge in [0, 0.05) is 35.9 Å². The average molecular weight is 249 g/mol. The third-order valence-corrected chi connectivity index (χ3v) is 3.43. The molecule has 5 nitrogen and oxygen atoms in total. The number of rotatable bonds is 5. The fourth-order valence-corrected chi connectivity index (χ4v) is 2.50. The molecule has 1 atom stereocenters. The minimum atomic E-state index is 0.301. The van der Waals surface area contributed by atoms with Gasteiger partial charge in [0.05, 0.1) is 6.54 Å². The smallest absolute Gasteiger partial charge is 0.202 e. The number of hydrogen-bond acceptors (Lipinski definition) is 5. The third kappa shape index (κ3) is 2.63. The lowest BCUT2D eigenvalue weighted by Crippen LogP contribution is -2.22. The summed E-state index contributed by atoms with van der Waals surface area (Å²) in [5, 5.41) is 8.48. The second-order valence-electron chi connectivity index (χ2n) is 4.51. The van der Waals surface area contributed by atoms with E-state index in [0.29, 0.717) is 12.0 Å². The fourth-order valence-electron chi connectivity index (χ4n) is 1.75. The summed E-state index contributed by atoms with van der Waals surface area (Å²) >= 11 is 1.46. The molecule has 2 aromatic rings. The maximum absolute atomic E-state index is 4.51. The molecule has 17 heavy (non-hydrogen) atoms. The highest BCUT2D eigenvalue weighted by Crippen LogP contribution is 2.39. The highest BCUT2D eigenvalue weighted by Gasteiger charge is 2.27. The van der Waals surface area contributed by atoms with Crippen LogP contribution in [-0.2, 0) is 6.54 Å². The van der Waals surface area contributed by atoms with E-state index in [0.717, 1.165) is 17.5 Å². The Labute approximate surface area is 104 Å². The molecular formula is C11H15N5S. The topological polar surface area (TPSA) is 55.6 Å². The zero-order valence-electron chi connectivity index (χ0n) is 9.71. The minimum Gasteiger partial charge on any atom is -0.356 e. The van der Waals surface area contributed by atoms with Crippen LogP contribution in [0.5, 0.6) is 0 Å². The van der Waals surface area contributed by atoms with Gasteiger partial charge in [-0.2, -0.15) is 9.47 Å². The van der Waals surface area contributed by atoms with Crippen LogP contribution in [0.3, 0.4) is 0 Å². The van der Waals surface area contributed by atoms with Crippen LogP contribution in [0.4, 0.5) is 5.13 Å². The summed E-state index contributed by atoms with van der Waals surface area (Å²) in [7, 11) is 0. The van der Waals surface area contributed by atoms with Crippen molar-refractivity contribution in [3.8, 4) is 0 Å². The fraction of sp³-hybridized carbons (Fsp3) is 0.545. The Bertz CT molecular complexity index is 474. The number of nitrogens with zero attached hydrogens (tertiary/aromatic N) is 4. The van der Waals surface area contributed by atoms with Crippen LogP contribution in [0.1, 0.15) is 31.5 Å². The molecule has 1 fully saturated rings. The minimum absolute atomic E-state index is 0.301. The van der Waals surface area contributed by atoms with Gasteiger partial charge in [-0.05, 0) is 25.8 Å². The summed E-state index contributed by atoms with van der Waals surface area (Å²) < 4.78 is 6.29. The van der Waals surface area contributed by atoms with Crippen LogP contribution >= 0.6 is 11.5 Å². The predicted octanol–water partition coefficient (Wildman–Crippen LogP) is 2.11. The maximum atomic E-state index is 4.51. The first-order valence-electron chi connectivity index (χ1n) is 5.89. The van der Waals surface area contributed by atoms with Gasteiger partial charge in [-0.3, -0.25) is 4.68 Å². The van der Waals surface area contributed by atoms with Gasteiger partial charge in [0.25, 0.3) is 0 Å². The van der Waals surface area contributed by atoms with Gasteiger partial charge in [-0.25, -0.2) is 4.98 Å². The summed E-state index contributed by atoms with van der Waals surface area (Å²) in [6, 6.07) is 2.23. The van der Waals surface area contributed by atoms with Crippen molar-refractivity contribution in [3.05, 3.63) is 24.3 Å². The standard InChI is InChI=1S/C11H15N5S/c1-8(7-16-6-2-5-12-16)13-11-14-10(15-17-11)9-3-4-9/h2,5-6,8-9H,3-4,7H2,1H3,(H,13,14,15). The van der Waals surface area contributed by atoms with Crippen molar-refractivity contribution in [2.24, 2.45) is 0 Å². The van der Waals surface area contributed by atoms with E-state index < -0.39 is 0 Å². The van der Waals surface area contributed by atoms with E-state index in [1.165, 1.54) is 24.4 Å². The number of hydrogen-bond donors (Lipinski definition) is 1. The molecule has 90 valence electrons. The molecule has 0 saturated heterocycles. The Kier molecular flexibility index (Phi) is 2.80. The summed E-state index contributed by atoms with van der Waals surface area (Å²) in [5.41, 5.74) is 0. The van der Waals surface area contributed by atoms with Gasteiger partial charge in [-0.15, -0.1) is 0 Å². The Morgan fingerprint density at radius 2 is 2.47 bits per heavy atom. The molecule has 1 N–H and O–H groups in total. The van der Waals surface area contributed by atoms with Gasteiger partial charge in [0.15, 0.2) is 0 Å². The summed E-state index contributed by atoms with van der Waals surface area (Å²) in [5.74, 6) is 1.65. The lowest BCUT2D eigenvalue weighted by molar-refractivity contribution is 0.560. The van der Waals surface area contributed by atoms with E-state index in [-0.39, 0.29) is 0 Å². The molecule has 1 aliphatic rings. The molecule has 1 saturated carbocycles. The van der Waals surface area contributed by atoms with Crippen LogP contribution in [-0.4, -0.2) is 25.2 Å². The van der Waals surface area contributed by atoms with Crippen LogP contribution in [0, 0.1) is 0 Å². The molecular weight excluding hydrogens is 234 g/mol. The lowest BCUT2D eigenvalue weighted by Gasteiger charge is -2.12. The maximum Gasteiger partial charge on any atom is 0.202 e. The number of aromatic nitrogens is 4. The molecule has 0 aromatic carbocycles. The van der Waals surface area contributed by atoms with Gasteiger partial charge in [0.1, 0.15) is 5.82 Å². The summed E-state index contributed by atoms with van der Waals surface area (Å²) in [6.45, 7) is 2.96. The zero-order chi connectivity index (χ0) is 11.7. The van der Waals surface area contributed by atoms with E-state index in [2.05, 4.69) is 26.7 Å². The molecule has 0 bridgehead atoms. The second kappa shape index (κ2) is 4.44. The third-order valence-electron chi connectivity index (χ3n) is 2.77. The first kappa shape index (κ1) is 10.7. The van der Waals surface area contributed by atoms with Crippen LogP contribution < -0.4 is 5.32 Å². The summed E-state index contributed by atoms with van der Waals surface area (Å²) in [6.07, 6.45) is 6.26. The van der Waals surface area contributed by atoms with Crippen molar-refractivity contribution in [2.75, 3.05) is 5.32 Å². The van der Waals surface area contributed by atoms with Crippen molar-refractivity contribution >= 4 is 16.7 Å². The molecule has 3 rings (SSSR count). The highest BCUT2D eigenvalue weighted by atomic mass is 32.1. The lowest BCUT2D eigenvalue weighted by atomic mass is 10.3. The first-order chi connectivity index (χ1) is 8.31. The Hall–Kier alpha value is -1.43. The van der Waals surface area contributed by atoms with Crippen molar-refractivity contribution in [3.63, 3.8) is 0 Å². The predicted molar refractivity (Wildman–Crippen MR) is 67.2 cm³/mol. The molecule has 1 aliphatic carbocycles. The van der Waals surface area contributed by atoms with Crippen LogP contribution in [0.15, 0.2) is 18.5 Å². The molecule has 6 heteroatoms. The van der Waals surface area contributed by atoms with E-state index in [1.807, 2.05) is 16.9 Å². The first-order valence-corrected chi connectivity index (χ1v) is 6.66. The second-order valence-corrected chi connectivity index (χ2v) is 5.26. The number of nitrogens with one attached hydrogen (secondary N) is 1. The van der Waals surface area contributed by atoms with Crippen molar-refractivity contribution in [1.82, 2.24) is 19.1 Å². The molecule has 0 spiro atoms. The molecule has 0 radical (unpaired) electrons. The van der Waals surface area contributed by atoms with E-state index in [4.69, 9.17) is 0 Å². The van der Waals surface area contributed by atoms with E-state index >= 15 is 0 Å². The van der Waals surface area contributed by atoms with Crippen molar-refractivity contribution in [2.45, 2.75) is 38.3 Å². The van der Waals surface area contributed by atoms with Crippen LogP contribution in [0.2, 0.25) is 0 Å². The quantitative estimate of drug-likeness (QED) is 0.881. The van der Waals surface area contributed by atoms with E-state index in [1.54, 1.807) is 6.20 Å². The molecule has 2 aromatic heterocycles. The molecule has 0 aliphatic heterocycles. The largest absolute Gasteiger partial charge is 0.356 e. The highest BCUT2D eigenvalue weighted by molar-refractivity contribution is 7.09. The van der Waals surface area contributed by atoms with Gasteiger partial charge < -0.3 is 5.32 Å². The summed E-state index contributed by atoms with van der Waals surface area (Å²) in [4.78, 5) is 4.51. The Morgan fingerprint density at radius 3 is 3.18 bits per heavy atom. The Morgan fingerprint density at radius 1 is 1.59 bits per heavy atom. The monoisotopic (exact) mass is 249 g/mol. The van der Waals surface area contributed by atoms with Crippen LogP contribution in [0.25, 0.3) is 0 Å². The van der Waals surface area contributed by atoms with Gasteiger partial charge >= 0.3 is 0 Å².